The number of aromatic nitrogens is 2. The van der Waals surface area contributed by atoms with Crippen molar-refractivity contribution in [2.75, 3.05) is 0 Å². The van der Waals surface area contributed by atoms with Gasteiger partial charge in [0.05, 0.1) is 17.7 Å². The number of nitrogens with one attached hydrogen (secondary N) is 3. The van der Waals surface area contributed by atoms with Gasteiger partial charge in [-0.15, -0.1) is 0 Å². The summed E-state index contributed by atoms with van der Waals surface area (Å²) in [4.78, 5) is 48.0. The molecule has 12 heteroatoms. The number of carbonyl (C=O) groups is 2. The Hall–Kier alpha value is -5.13. The van der Waals surface area contributed by atoms with Crippen molar-refractivity contribution in [1.29, 1.82) is 0 Å². The van der Waals surface area contributed by atoms with Gasteiger partial charge in [0.1, 0.15) is 10.6 Å². The van der Waals surface area contributed by atoms with Crippen LogP contribution in [0.25, 0.3) is 10.8 Å². The summed E-state index contributed by atoms with van der Waals surface area (Å²) in [5.41, 5.74) is 2.21. The van der Waals surface area contributed by atoms with Crippen molar-refractivity contribution in [3.05, 3.63) is 104 Å². The Labute approximate surface area is 190 Å². The molecule has 4 rings (SSSR count). The smallest absolute Gasteiger partial charge is 0.400 e. The molecule has 0 aliphatic carbocycles. The average molecular weight is 460 g/mol. The molecule has 2 aromatic carbocycles. The fourth-order valence-electron chi connectivity index (χ4n) is 3.15. The molecule has 2 heterocycles. The van der Waals surface area contributed by atoms with E-state index in [1.165, 1.54) is 6.07 Å². The van der Waals surface area contributed by atoms with E-state index >= 15 is 0 Å². The molecule has 2 amide bonds. The van der Waals surface area contributed by atoms with Crippen molar-refractivity contribution in [2.24, 2.45) is 5.10 Å². The summed E-state index contributed by atoms with van der Waals surface area (Å²) in [6, 6.07) is 15.8. The number of nitrogens with zero attached hydrogens (tertiary/aromatic N) is 3. The molecule has 170 valence electrons. The van der Waals surface area contributed by atoms with E-state index in [9.17, 15) is 24.5 Å². The lowest BCUT2D eigenvalue weighted by atomic mass is 10.0. The van der Waals surface area contributed by atoms with Crippen molar-refractivity contribution in [1.82, 2.24) is 20.9 Å². The van der Waals surface area contributed by atoms with Crippen LogP contribution < -0.4 is 16.3 Å². The zero-order valence-electron chi connectivity index (χ0n) is 17.3. The van der Waals surface area contributed by atoms with E-state index in [1.807, 2.05) is 0 Å². The quantitative estimate of drug-likeness (QED) is 0.215. The van der Waals surface area contributed by atoms with Gasteiger partial charge >= 0.3 is 5.88 Å². The van der Waals surface area contributed by atoms with Crippen LogP contribution in [0.1, 0.15) is 27.9 Å². The van der Waals surface area contributed by atoms with Crippen molar-refractivity contribution in [2.45, 2.75) is 6.04 Å². The largest absolute Gasteiger partial charge is 0.433 e. The normalized spacial score (nSPS) is 11.9. The number of furan rings is 1. The second kappa shape index (κ2) is 9.56. The third kappa shape index (κ3) is 4.70. The van der Waals surface area contributed by atoms with E-state index in [-0.39, 0.29) is 16.8 Å². The summed E-state index contributed by atoms with van der Waals surface area (Å²) in [6.45, 7) is 0. The Balaban J connectivity index is 1.65. The number of H-pyrrole nitrogens is 1. The molecular weight excluding hydrogens is 444 g/mol. The number of nitro groups is 1. The Morgan fingerprint density at radius 2 is 1.76 bits per heavy atom. The molecule has 0 saturated carbocycles. The van der Waals surface area contributed by atoms with E-state index in [0.29, 0.717) is 10.9 Å². The van der Waals surface area contributed by atoms with Crippen LogP contribution in [-0.2, 0) is 4.79 Å². The van der Waals surface area contributed by atoms with E-state index in [4.69, 9.17) is 4.42 Å². The molecule has 0 aliphatic rings. The van der Waals surface area contributed by atoms with Gasteiger partial charge in [-0.2, -0.15) is 10.2 Å². The van der Waals surface area contributed by atoms with Crippen LogP contribution in [0.3, 0.4) is 0 Å². The number of aromatic amines is 1. The molecule has 0 saturated heterocycles. The van der Waals surface area contributed by atoms with Gasteiger partial charge in [0.25, 0.3) is 17.4 Å². The first kappa shape index (κ1) is 22.1. The molecule has 3 N–H and O–H groups in total. The molecule has 1 atom stereocenters. The summed E-state index contributed by atoms with van der Waals surface area (Å²) < 4.78 is 4.94. The predicted octanol–water partition coefficient (Wildman–Crippen LogP) is 2.05. The van der Waals surface area contributed by atoms with Crippen molar-refractivity contribution >= 4 is 34.7 Å². The van der Waals surface area contributed by atoms with Crippen LogP contribution in [0.4, 0.5) is 5.88 Å². The van der Waals surface area contributed by atoms with E-state index < -0.39 is 34.2 Å². The van der Waals surface area contributed by atoms with Crippen LogP contribution in [0.2, 0.25) is 0 Å². The van der Waals surface area contributed by atoms with Gasteiger partial charge in [-0.3, -0.25) is 24.5 Å². The third-order valence-corrected chi connectivity index (χ3v) is 4.73. The van der Waals surface area contributed by atoms with Crippen LogP contribution in [0, 0.1) is 10.1 Å². The third-order valence-electron chi connectivity index (χ3n) is 4.73. The summed E-state index contributed by atoms with van der Waals surface area (Å²) in [6.07, 6.45) is 1.07. The standard InChI is InChI=1S/C22H16N6O6/c29-20(13-6-2-1-3-7-13)24-19(18-15-8-4-5-9-16(15)21(30)27-25-18)22(31)26-23-12-14-10-11-17(34-14)28(32)33/h1-12,19H,(H,24,29)(H,26,31)(H,27,30)/b23-12-. The first-order valence-corrected chi connectivity index (χ1v) is 9.84. The van der Waals surface area contributed by atoms with Crippen LogP contribution >= 0.6 is 0 Å². The number of hydrogen-bond donors (Lipinski definition) is 3. The Kier molecular flexibility index (Phi) is 6.21. The van der Waals surface area contributed by atoms with E-state index in [2.05, 4.69) is 26.0 Å². The number of benzene rings is 2. The number of hydrazone groups is 1. The zero-order valence-corrected chi connectivity index (χ0v) is 17.3. The lowest BCUT2D eigenvalue weighted by Crippen LogP contribution is -2.40. The number of rotatable bonds is 7. The summed E-state index contributed by atoms with van der Waals surface area (Å²) in [7, 11) is 0. The number of carbonyl (C=O) groups excluding carboxylic acids is 2. The van der Waals surface area contributed by atoms with Gasteiger partial charge in [0.2, 0.25) is 0 Å². The molecule has 0 radical (unpaired) electrons. The topological polar surface area (TPSA) is 173 Å². The second-order valence-corrected chi connectivity index (χ2v) is 6.92. The first-order chi connectivity index (χ1) is 16.4. The van der Waals surface area contributed by atoms with Crippen molar-refractivity contribution in [3.8, 4) is 0 Å². The highest BCUT2D eigenvalue weighted by Gasteiger charge is 2.27. The molecule has 0 aliphatic heterocycles. The summed E-state index contributed by atoms with van der Waals surface area (Å²) in [5, 5.41) is 24.1. The maximum atomic E-state index is 13.0. The molecule has 0 fully saturated rings. The van der Waals surface area contributed by atoms with Gasteiger partial charge in [-0.1, -0.05) is 36.4 Å². The molecule has 0 bridgehead atoms. The van der Waals surface area contributed by atoms with Crippen LogP contribution in [0.5, 0.6) is 0 Å². The maximum Gasteiger partial charge on any atom is 0.433 e. The van der Waals surface area contributed by atoms with Gasteiger partial charge in [-0.25, -0.2) is 10.5 Å². The highest BCUT2D eigenvalue weighted by atomic mass is 16.6. The summed E-state index contributed by atoms with van der Waals surface area (Å²) in [5.74, 6) is -1.77. The highest BCUT2D eigenvalue weighted by molar-refractivity contribution is 5.99. The van der Waals surface area contributed by atoms with Crippen molar-refractivity contribution in [3.63, 3.8) is 0 Å². The molecule has 34 heavy (non-hydrogen) atoms. The minimum atomic E-state index is -1.34. The minimum Gasteiger partial charge on any atom is -0.400 e. The predicted molar refractivity (Wildman–Crippen MR) is 120 cm³/mol. The van der Waals surface area contributed by atoms with Crippen LogP contribution in [-0.4, -0.2) is 33.1 Å². The molecule has 4 aromatic rings. The lowest BCUT2D eigenvalue weighted by molar-refractivity contribution is -0.402. The fraction of sp³-hybridized carbons (Fsp3) is 0.0455. The van der Waals surface area contributed by atoms with Gasteiger partial charge in [-0.05, 0) is 24.3 Å². The minimum absolute atomic E-state index is 0.0319. The molecule has 1 unspecified atom stereocenters. The Morgan fingerprint density at radius 3 is 2.47 bits per heavy atom. The van der Waals surface area contributed by atoms with Crippen molar-refractivity contribution < 1.29 is 18.9 Å². The van der Waals surface area contributed by atoms with Gasteiger partial charge in [0, 0.05) is 10.9 Å². The number of amides is 2. The molecule has 2 aromatic heterocycles. The maximum absolute atomic E-state index is 13.0. The number of fused-ring (bicyclic) bond motifs is 1. The molecule has 0 spiro atoms. The Morgan fingerprint density at radius 1 is 1.06 bits per heavy atom. The highest BCUT2D eigenvalue weighted by Crippen LogP contribution is 2.20. The summed E-state index contributed by atoms with van der Waals surface area (Å²) >= 11 is 0. The van der Waals surface area contributed by atoms with Crippen LogP contribution in [0.15, 0.2) is 81.0 Å². The zero-order chi connectivity index (χ0) is 24.1. The van der Waals surface area contributed by atoms with Gasteiger partial charge in [0.15, 0.2) is 11.8 Å². The second-order valence-electron chi connectivity index (χ2n) is 6.92. The molecule has 12 nitrogen and oxygen atoms in total. The van der Waals surface area contributed by atoms with E-state index in [1.54, 1.807) is 54.6 Å². The SMILES string of the molecule is O=C(NC(C(=O)N/N=C\c1ccc([N+](=O)[O-])o1)c1n[nH]c(=O)c2ccccc12)c1ccccc1. The lowest BCUT2D eigenvalue weighted by Gasteiger charge is -2.18. The molecular formula is C22H16N6O6. The number of hydrogen-bond acceptors (Lipinski definition) is 8. The average Bonchev–Trinajstić information content (AvgIpc) is 3.33. The Bertz CT molecular complexity index is 1460. The fourth-order valence-corrected chi connectivity index (χ4v) is 3.15. The van der Waals surface area contributed by atoms with Gasteiger partial charge < -0.3 is 9.73 Å². The monoisotopic (exact) mass is 460 g/mol. The first-order valence-electron chi connectivity index (χ1n) is 9.84. The van der Waals surface area contributed by atoms with E-state index in [0.717, 1.165) is 12.3 Å².